The molecule has 1 aromatic heterocycles. The minimum atomic E-state index is 0.283. The lowest BCUT2D eigenvalue weighted by Crippen LogP contribution is -2.24. The summed E-state index contributed by atoms with van der Waals surface area (Å²) in [5, 5.41) is 3.32. The summed E-state index contributed by atoms with van der Waals surface area (Å²) < 4.78 is 10.7. The Morgan fingerprint density at radius 3 is 2.61 bits per heavy atom. The second-order valence-corrected chi connectivity index (χ2v) is 5.86. The van der Waals surface area contributed by atoms with Crippen molar-refractivity contribution in [1.82, 2.24) is 9.97 Å². The maximum atomic E-state index is 5.41. The van der Waals surface area contributed by atoms with Crippen LogP contribution in [0, 0.1) is 0 Å². The van der Waals surface area contributed by atoms with Crippen molar-refractivity contribution in [3.8, 4) is 11.5 Å². The summed E-state index contributed by atoms with van der Waals surface area (Å²) in [6.45, 7) is 2.42. The highest BCUT2D eigenvalue weighted by molar-refractivity contribution is 5.63. The fraction of sp³-hybridized carbons (Fsp3) is 0.412. The van der Waals surface area contributed by atoms with Gasteiger partial charge in [-0.1, -0.05) is 12.8 Å². The van der Waals surface area contributed by atoms with Crippen LogP contribution in [-0.2, 0) is 0 Å². The van der Waals surface area contributed by atoms with Gasteiger partial charge in [-0.05, 0) is 25.0 Å². The van der Waals surface area contributed by atoms with E-state index in [1.807, 2.05) is 24.3 Å². The molecule has 0 spiro atoms. The Labute approximate surface area is 135 Å². The molecule has 2 aliphatic rings. The Kier molecular flexibility index (Phi) is 3.88. The molecule has 1 N–H and O–H groups in total. The topological polar surface area (TPSA) is 59.5 Å². The van der Waals surface area contributed by atoms with Gasteiger partial charge in [-0.2, -0.15) is 0 Å². The summed E-state index contributed by atoms with van der Waals surface area (Å²) in [5.41, 5.74) is 0.926. The van der Waals surface area contributed by atoms with E-state index < -0.39 is 0 Å². The van der Waals surface area contributed by atoms with Crippen molar-refractivity contribution < 1.29 is 9.47 Å². The summed E-state index contributed by atoms with van der Waals surface area (Å²) in [7, 11) is 0. The van der Waals surface area contributed by atoms with Crippen molar-refractivity contribution in [3.05, 3.63) is 30.6 Å². The third kappa shape index (κ3) is 3.16. The van der Waals surface area contributed by atoms with Crippen LogP contribution in [0.1, 0.15) is 25.7 Å². The number of nitrogens with zero attached hydrogens (tertiary/aromatic N) is 3. The SMILES string of the molecule is c1nc(Nc2ccc3c(c2)OCO3)cc(N2CCCCCC2)n1. The van der Waals surface area contributed by atoms with Gasteiger partial charge in [0, 0.05) is 30.9 Å². The summed E-state index contributed by atoms with van der Waals surface area (Å²) in [4.78, 5) is 11.1. The molecule has 2 aliphatic heterocycles. The number of hydrogen-bond donors (Lipinski definition) is 1. The van der Waals surface area contributed by atoms with Crippen molar-refractivity contribution in [2.24, 2.45) is 0 Å². The van der Waals surface area contributed by atoms with E-state index in [-0.39, 0.29) is 6.79 Å². The van der Waals surface area contributed by atoms with Gasteiger partial charge < -0.3 is 19.7 Å². The molecule has 0 radical (unpaired) electrons. The molecule has 0 atom stereocenters. The molecule has 120 valence electrons. The van der Waals surface area contributed by atoms with E-state index >= 15 is 0 Å². The lowest BCUT2D eigenvalue weighted by atomic mass is 10.2. The van der Waals surface area contributed by atoms with Gasteiger partial charge in [-0.3, -0.25) is 0 Å². The highest BCUT2D eigenvalue weighted by Crippen LogP contribution is 2.35. The molecule has 3 heterocycles. The van der Waals surface area contributed by atoms with Crippen molar-refractivity contribution in [3.63, 3.8) is 0 Å². The Hall–Kier alpha value is -2.50. The first-order valence-electron chi connectivity index (χ1n) is 8.12. The Bertz CT molecular complexity index is 684. The van der Waals surface area contributed by atoms with Gasteiger partial charge in [-0.15, -0.1) is 0 Å². The first kappa shape index (κ1) is 14.1. The molecular weight excluding hydrogens is 292 g/mol. The molecule has 0 saturated carbocycles. The zero-order valence-electron chi connectivity index (χ0n) is 13.0. The predicted octanol–water partition coefficient (Wildman–Crippen LogP) is 3.33. The standard InChI is InChI=1S/C17H20N4O2/c1-2-4-8-21(7-3-1)17-10-16(18-11-19-17)20-13-5-6-14-15(9-13)23-12-22-14/h5-6,9-11H,1-4,7-8,12H2,(H,18,19,20). The monoisotopic (exact) mass is 312 g/mol. The fourth-order valence-electron chi connectivity index (χ4n) is 3.01. The highest BCUT2D eigenvalue weighted by Gasteiger charge is 2.14. The maximum Gasteiger partial charge on any atom is 0.231 e. The summed E-state index contributed by atoms with van der Waals surface area (Å²) >= 11 is 0. The lowest BCUT2D eigenvalue weighted by molar-refractivity contribution is 0.174. The number of anilines is 3. The average Bonchev–Trinajstić information content (AvgIpc) is 2.87. The fourth-order valence-corrected chi connectivity index (χ4v) is 3.01. The van der Waals surface area contributed by atoms with Gasteiger partial charge in [0.1, 0.15) is 18.0 Å². The van der Waals surface area contributed by atoms with Gasteiger partial charge in [0.25, 0.3) is 0 Å². The number of aromatic nitrogens is 2. The molecule has 1 saturated heterocycles. The lowest BCUT2D eigenvalue weighted by Gasteiger charge is -2.21. The summed E-state index contributed by atoms with van der Waals surface area (Å²) in [6.07, 6.45) is 6.70. The predicted molar refractivity (Wildman–Crippen MR) is 88.6 cm³/mol. The van der Waals surface area contributed by atoms with Gasteiger partial charge in [0.05, 0.1) is 0 Å². The molecular formula is C17H20N4O2. The number of ether oxygens (including phenoxy) is 2. The Morgan fingerprint density at radius 2 is 1.74 bits per heavy atom. The number of rotatable bonds is 3. The van der Waals surface area contributed by atoms with Crippen molar-refractivity contribution in [2.45, 2.75) is 25.7 Å². The molecule has 0 amide bonds. The van der Waals surface area contributed by atoms with E-state index in [1.165, 1.54) is 25.7 Å². The number of nitrogens with one attached hydrogen (secondary N) is 1. The van der Waals surface area contributed by atoms with Crippen LogP contribution in [-0.4, -0.2) is 29.9 Å². The first-order chi connectivity index (χ1) is 11.4. The zero-order chi connectivity index (χ0) is 15.5. The molecule has 1 aromatic carbocycles. The van der Waals surface area contributed by atoms with Gasteiger partial charge in [-0.25, -0.2) is 9.97 Å². The molecule has 0 aliphatic carbocycles. The maximum absolute atomic E-state index is 5.41. The molecule has 6 heteroatoms. The van der Waals surface area contributed by atoms with E-state index in [4.69, 9.17) is 9.47 Å². The Balaban J connectivity index is 1.52. The molecule has 2 aromatic rings. The second kappa shape index (κ2) is 6.32. The van der Waals surface area contributed by atoms with Crippen LogP contribution in [0.5, 0.6) is 11.5 Å². The van der Waals surface area contributed by atoms with Crippen LogP contribution in [0.15, 0.2) is 30.6 Å². The minimum Gasteiger partial charge on any atom is -0.454 e. The van der Waals surface area contributed by atoms with E-state index in [2.05, 4.69) is 20.2 Å². The van der Waals surface area contributed by atoms with Crippen LogP contribution in [0.25, 0.3) is 0 Å². The number of hydrogen-bond acceptors (Lipinski definition) is 6. The van der Waals surface area contributed by atoms with E-state index in [0.29, 0.717) is 0 Å². The third-order valence-corrected chi connectivity index (χ3v) is 4.23. The van der Waals surface area contributed by atoms with Gasteiger partial charge in [0.15, 0.2) is 11.5 Å². The summed E-state index contributed by atoms with van der Waals surface area (Å²) in [6, 6.07) is 7.80. The molecule has 0 unspecified atom stereocenters. The number of benzene rings is 1. The van der Waals surface area contributed by atoms with Crippen molar-refractivity contribution in [2.75, 3.05) is 30.1 Å². The van der Waals surface area contributed by atoms with E-state index in [1.54, 1.807) is 6.33 Å². The van der Waals surface area contributed by atoms with Gasteiger partial charge >= 0.3 is 0 Å². The molecule has 4 rings (SSSR count). The van der Waals surface area contributed by atoms with Crippen LogP contribution in [0.4, 0.5) is 17.3 Å². The van der Waals surface area contributed by atoms with Crippen molar-refractivity contribution in [1.29, 1.82) is 0 Å². The Morgan fingerprint density at radius 1 is 0.913 bits per heavy atom. The van der Waals surface area contributed by atoms with Crippen LogP contribution < -0.4 is 19.7 Å². The normalized spacial score (nSPS) is 17.0. The first-order valence-corrected chi connectivity index (χ1v) is 8.12. The quantitative estimate of drug-likeness (QED) is 0.938. The average molecular weight is 312 g/mol. The molecule has 23 heavy (non-hydrogen) atoms. The number of fused-ring (bicyclic) bond motifs is 1. The zero-order valence-corrected chi connectivity index (χ0v) is 13.0. The highest BCUT2D eigenvalue weighted by atomic mass is 16.7. The van der Waals surface area contributed by atoms with E-state index in [0.717, 1.165) is 41.9 Å². The molecule has 1 fully saturated rings. The molecule has 6 nitrogen and oxygen atoms in total. The minimum absolute atomic E-state index is 0.283. The third-order valence-electron chi connectivity index (χ3n) is 4.23. The van der Waals surface area contributed by atoms with Crippen LogP contribution in [0.2, 0.25) is 0 Å². The molecule has 0 bridgehead atoms. The summed E-state index contributed by atoms with van der Waals surface area (Å²) in [5.74, 6) is 3.32. The van der Waals surface area contributed by atoms with Gasteiger partial charge in [0.2, 0.25) is 6.79 Å². The smallest absolute Gasteiger partial charge is 0.231 e. The van der Waals surface area contributed by atoms with Crippen LogP contribution in [0.3, 0.4) is 0 Å². The van der Waals surface area contributed by atoms with Crippen LogP contribution >= 0.6 is 0 Å². The van der Waals surface area contributed by atoms with Crippen molar-refractivity contribution >= 4 is 17.3 Å². The largest absolute Gasteiger partial charge is 0.454 e. The van der Waals surface area contributed by atoms with E-state index in [9.17, 15) is 0 Å². The second-order valence-electron chi connectivity index (χ2n) is 5.86.